The van der Waals surface area contributed by atoms with E-state index in [1.807, 2.05) is 4.90 Å². The molecule has 1 heterocycles. The third-order valence-corrected chi connectivity index (χ3v) is 9.12. The molecule has 3 fully saturated rings. The van der Waals surface area contributed by atoms with Gasteiger partial charge in [0.05, 0.1) is 11.6 Å². The Kier molecular flexibility index (Phi) is 9.31. The molecule has 4 rings (SSSR count). The van der Waals surface area contributed by atoms with E-state index in [1.54, 1.807) is 26.8 Å². The molecule has 1 saturated heterocycles. The topological polar surface area (TPSA) is 63.7 Å². The molecular weight excluding hydrogens is 481 g/mol. The molecule has 2 saturated carbocycles. The number of amides is 1. The Morgan fingerprint density at radius 1 is 0.974 bits per heavy atom. The summed E-state index contributed by atoms with van der Waals surface area (Å²) >= 11 is 0. The Labute approximate surface area is 227 Å². The highest BCUT2D eigenvalue weighted by Crippen LogP contribution is 2.41. The number of likely N-dealkylation sites (tertiary alicyclic amines) is 1. The van der Waals surface area contributed by atoms with Gasteiger partial charge in [0.1, 0.15) is 11.4 Å². The third-order valence-electron chi connectivity index (χ3n) is 9.12. The summed E-state index contributed by atoms with van der Waals surface area (Å²) in [7, 11) is 0. The molecule has 6 heteroatoms. The fourth-order valence-electron chi connectivity index (χ4n) is 7.06. The molecule has 1 amide bonds. The van der Waals surface area contributed by atoms with Gasteiger partial charge in [-0.1, -0.05) is 51.5 Å². The van der Waals surface area contributed by atoms with E-state index in [4.69, 9.17) is 4.74 Å². The number of ether oxygens (including phenoxy) is 1. The van der Waals surface area contributed by atoms with Gasteiger partial charge in [-0.25, -0.2) is 9.18 Å². The molecule has 3 aliphatic rings. The van der Waals surface area contributed by atoms with E-state index in [0.29, 0.717) is 23.9 Å². The highest BCUT2D eigenvalue weighted by atomic mass is 19.1. The number of benzene rings is 1. The number of Topliss-reactive ketones (excluding diaryl/α,β-unsaturated/α-hetero) is 1. The Hall–Kier alpha value is -2.24. The third kappa shape index (κ3) is 6.84. The van der Waals surface area contributed by atoms with Crippen LogP contribution in [0.4, 0.5) is 4.39 Å². The van der Waals surface area contributed by atoms with Gasteiger partial charge in [0.25, 0.3) is 0 Å². The lowest BCUT2D eigenvalue weighted by atomic mass is 9.75. The van der Waals surface area contributed by atoms with Crippen LogP contribution in [-0.2, 0) is 20.7 Å². The highest BCUT2D eigenvalue weighted by molar-refractivity contribution is 5.93. The normalized spacial score (nSPS) is 26.8. The lowest BCUT2D eigenvalue weighted by molar-refractivity contribution is -0.143. The van der Waals surface area contributed by atoms with Crippen molar-refractivity contribution in [1.29, 1.82) is 0 Å². The predicted molar refractivity (Wildman–Crippen MR) is 146 cm³/mol. The zero-order valence-electron chi connectivity index (χ0n) is 23.8. The number of hydrogen-bond acceptors (Lipinski definition) is 4. The van der Waals surface area contributed by atoms with E-state index in [9.17, 15) is 18.8 Å². The van der Waals surface area contributed by atoms with Crippen molar-refractivity contribution in [3.8, 4) is 0 Å². The predicted octanol–water partition coefficient (Wildman–Crippen LogP) is 6.91. The highest BCUT2D eigenvalue weighted by Gasteiger charge is 2.46. The first-order valence-electron chi connectivity index (χ1n) is 14.9. The molecule has 1 aromatic carbocycles. The van der Waals surface area contributed by atoms with Crippen molar-refractivity contribution in [3.63, 3.8) is 0 Å². The number of nitrogens with zero attached hydrogens (tertiary/aromatic N) is 1. The summed E-state index contributed by atoms with van der Waals surface area (Å²) in [6, 6.07) is 3.90. The molecule has 0 bridgehead atoms. The quantitative estimate of drug-likeness (QED) is 0.362. The largest absolute Gasteiger partial charge is 0.456 e. The van der Waals surface area contributed by atoms with Crippen LogP contribution in [0.2, 0.25) is 0 Å². The SMILES string of the molecule is CCC1CCC(C(=O)N2CC[C@@H](C3CCCCC3)[C@H]2C(=O)Cc2ccc(C(=O)OC(C)(C)C)c(F)c2)CC1. The minimum Gasteiger partial charge on any atom is -0.456 e. The van der Waals surface area contributed by atoms with E-state index < -0.39 is 23.4 Å². The molecule has 0 N–H and O–H groups in total. The monoisotopic (exact) mass is 527 g/mol. The van der Waals surface area contributed by atoms with E-state index in [0.717, 1.165) is 44.9 Å². The zero-order valence-corrected chi connectivity index (χ0v) is 23.8. The van der Waals surface area contributed by atoms with Crippen LogP contribution in [0.25, 0.3) is 0 Å². The number of carbonyl (C=O) groups is 3. The van der Waals surface area contributed by atoms with Crippen LogP contribution in [-0.4, -0.2) is 40.7 Å². The second-order valence-corrected chi connectivity index (χ2v) is 12.9. The number of esters is 1. The van der Waals surface area contributed by atoms with Crippen molar-refractivity contribution in [2.45, 2.75) is 116 Å². The van der Waals surface area contributed by atoms with Crippen molar-refractivity contribution in [2.75, 3.05) is 6.54 Å². The maximum absolute atomic E-state index is 14.9. The summed E-state index contributed by atoms with van der Waals surface area (Å²) in [6.45, 7) is 8.09. The van der Waals surface area contributed by atoms with Gasteiger partial charge >= 0.3 is 5.97 Å². The van der Waals surface area contributed by atoms with Crippen molar-refractivity contribution < 1.29 is 23.5 Å². The molecule has 1 aromatic rings. The number of ketones is 1. The zero-order chi connectivity index (χ0) is 27.4. The summed E-state index contributed by atoms with van der Waals surface area (Å²) in [5.74, 6) is 0.145. The molecule has 2 aliphatic carbocycles. The second kappa shape index (κ2) is 12.3. The first kappa shape index (κ1) is 28.8. The number of hydrogen-bond donors (Lipinski definition) is 0. The van der Waals surface area contributed by atoms with E-state index >= 15 is 0 Å². The smallest absolute Gasteiger partial charge is 0.341 e. The van der Waals surface area contributed by atoms with Crippen LogP contribution >= 0.6 is 0 Å². The molecule has 0 unspecified atom stereocenters. The van der Waals surface area contributed by atoms with Gasteiger partial charge in [0.15, 0.2) is 5.78 Å². The average Bonchev–Trinajstić information content (AvgIpc) is 3.33. The van der Waals surface area contributed by atoms with E-state index in [2.05, 4.69) is 6.92 Å². The molecule has 0 aromatic heterocycles. The molecular formula is C32H46FNO4. The standard InChI is InChI=1S/C32H46FNO4/c1-5-21-11-14-24(15-12-21)30(36)34-18-17-25(23-9-7-6-8-10-23)29(34)28(35)20-22-13-16-26(27(33)19-22)31(37)38-32(2,3)4/h13,16,19,21,23-25,29H,5-12,14-15,17-18,20H2,1-4H3/t21?,24?,25-,29-/m0/s1. The van der Waals surface area contributed by atoms with Crippen LogP contribution in [0.15, 0.2) is 18.2 Å². The maximum atomic E-state index is 14.9. The van der Waals surface area contributed by atoms with Crippen LogP contribution in [0, 0.1) is 29.5 Å². The van der Waals surface area contributed by atoms with Gasteiger partial charge in [-0.05, 0) is 88.3 Å². The fourth-order valence-corrected chi connectivity index (χ4v) is 7.06. The lowest BCUT2D eigenvalue weighted by Gasteiger charge is -2.36. The van der Waals surface area contributed by atoms with Gasteiger partial charge in [-0.2, -0.15) is 0 Å². The Morgan fingerprint density at radius 3 is 2.26 bits per heavy atom. The maximum Gasteiger partial charge on any atom is 0.341 e. The fraction of sp³-hybridized carbons (Fsp3) is 0.719. The Balaban J connectivity index is 1.51. The molecule has 5 nitrogen and oxygen atoms in total. The molecule has 210 valence electrons. The van der Waals surface area contributed by atoms with Crippen molar-refractivity contribution in [3.05, 3.63) is 35.1 Å². The molecule has 2 atom stereocenters. The van der Waals surface area contributed by atoms with Gasteiger partial charge in [-0.3, -0.25) is 9.59 Å². The number of carbonyl (C=O) groups excluding carboxylic acids is 3. The summed E-state index contributed by atoms with van der Waals surface area (Å²) in [6.07, 6.45) is 12.0. The number of rotatable bonds is 7. The van der Waals surface area contributed by atoms with Crippen LogP contribution in [0.1, 0.15) is 114 Å². The summed E-state index contributed by atoms with van der Waals surface area (Å²) in [5, 5.41) is 0. The van der Waals surface area contributed by atoms with Crippen molar-refractivity contribution in [1.82, 2.24) is 4.90 Å². The first-order chi connectivity index (χ1) is 18.1. The summed E-state index contributed by atoms with van der Waals surface area (Å²) < 4.78 is 20.2. The second-order valence-electron chi connectivity index (χ2n) is 12.9. The van der Waals surface area contributed by atoms with Crippen LogP contribution < -0.4 is 0 Å². The van der Waals surface area contributed by atoms with E-state index in [1.165, 1.54) is 37.8 Å². The minimum absolute atomic E-state index is 0.00177. The average molecular weight is 528 g/mol. The van der Waals surface area contributed by atoms with Gasteiger partial charge in [0, 0.05) is 18.9 Å². The molecule has 0 spiro atoms. The summed E-state index contributed by atoms with van der Waals surface area (Å²) in [5.41, 5.74) is -0.318. The first-order valence-corrected chi connectivity index (χ1v) is 14.9. The van der Waals surface area contributed by atoms with E-state index in [-0.39, 0.29) is 35.5 Å². The number of halogens is 1. The summed E-state index contributed by atoms with van der Waals surface area (Å²) in [4.78, 5) is 41.9. The van der Waals surface area contributed by atoms with Crippen LogP contribution in [0.3, 0.4) is 0 Å². The van der Waals surface area contributed by atoms with Gasteiger partial charge in [-0.15, -0.1) is 0 Å². The van der Waals surface area contributed by atoms with Gasteiger partial charge < -0.3 is 9.64 Å². The minimum atomic E-state index is -0.722. The van der Waals surface area contributed by atoms with Crippen LogP contribution in [0.5, 0.6) is 0 Å². The van der Waals surface area contributed by atoms with Crippen molar-refractivity contribution in [2.24, 2.45) is 23.7 Å². The lowest BCUT2D eigenvalue weighted by Crippen LogP contribution is -2.48. The molecule has 0 radical (unpaired) electrons. The Bertz CT molecular complexity index is 1000. The molecule has 1 aliphatic heterocycles. The molecule has 38 heavy (non-hydrogen) atoms. The van der Waals surface area contributed by atoms with Crippen molar-refractivity contribution >= 4 is 17.7 Å². The Morgan fingerprint density at radius 2 is 1.66 bits per heavy atom. The van der Waals surface area contributed by atoms with Gasteiger partial charge in [0.2, 0.25) is 5.91 Å².